The van der Waals surface area contributed by atoms with E-state index in [1.54, 1.807) is 4.90 Å². The molecule has 1 heterocycles. The van der Waals surface area contributed by atoms with Gasteiger partial charge in [0.1, 0.15) is 17.4 Å². The molecular weight excluding hydrogens is 432 g/mol. The van der Waals surface area contributed by atoms with Gasteiger partial charge in [-0.15, -0.1) is 0 Å². The van der Waals surface area contributed by atoms with E-state index in [1.165, 1.54) is 18.2 Å². The number of benzene rings is 2. The van der Waals surface area contributed by atoms with Crippen LogP contribution in [-0.4, -0.2) is 47.4 Å². The predicted molar refractivity (Wildman–Crippen MR) is 117 cm³/mol. The van der Waals surface area contributed by atoms with E-state index < -0.39 is 23.4 Å². The Balaban J connectivity index is 1.39. The van der Waals surface area contributed by atoms with E-state index in [-0.39, 0.29) is 40.9 Å². The van der Waals surface area contributed by atoms with Crippen molar-refractivity contribution in [3.63, 3.8) is 0 Å². The summed E-state index contributed by atoms with van der Waals surface area (Å²) in [4.78, 5) is 39.2. The highest BCUT2D eigenvalue weighted by atomic mass is 19.1. The topological polar surface area (TPSA) is 98.7 Å². The third-order valence-corrected chi connectivity index (χ3v) is 5.95. The maximum Gasteiger partial charge on any atom is 0.257 e. The molecule has 33 heavy (non-hydrogen) atoms. The zero-order chi connectivity index (χ0) is 23.5. The molecule has 0 radical (unpaired) electrons. The minimum absolute atomic E-state index is 0.0452. The molecule has 1 saturated heterocycles. The smallest absolute Gasteiger partial charge is 0.257 e. The lowest BCUT2D eigenvalue weighted by Gasteiger charge is -2.32. The fraction of sp³-hybridized carbons (Fsp3) is 0.375. The zero-order valence-electron chi connectivity index (χ0n) is 17.9. The number of rotatable bonds is 6. The molecule has 174 valence electrons. The first-order valence-corrected chi connectivity index (χ1v) is 11.0. The minimum Gasteiger partial charge on any atom is -0.507 e. The van der Waals surface area contributed by atoms with Crippen LogP contribution in [-0.2, 0) is 4.79 Å². The van der Waals surface area contributed by atoms with E-state index in [1.807, 2.05) is 0 Å². The Hall–Kier alpha value is -3.49. The van der Waals surface area contributed by atoms with Crippen LogP contribution in [0.1, 0.15) is 46.4 Å². The molecule has 7 nitrogen and oxygen atoms in total. The molecule has 2 aromatic carbocycles. The van der Waals surface area contributed by atoms with Gasteiger partial charge < -0.3 is 20.6 Å². The molecule has 3 N–H and O–H groups in total. The predicted octanol–water partition coefficient (Wildman–Crippen LogP) is 3.30. The lowest BCUT2D eigenvalue weighted by molar-refractivity contribution is -0.126. The van der Waals surface area contributed by atoms with E-state index in [9.17, 15) is 28.3 Å². The number of nitrogens with zero attached hydrogens (tertiary/aromatic N) is 1. The van der Waals surface area contributed by atoms with Crippen LogP contribution in [0.15, 0.2) is 36.4 Å². The van der Waals surface area contributed by atoms with Crippen molar-refractivity contribution in [3.8, 4) is 5.75 Å². The van der Waals surface area contributed by atoms with Gasteiger partial charge in [-0.3, -0.25) is 14.4 Å². The molecule has 0 bridgehead atoms. The summed E-state index contributed by atoms with van der Waals surface area (Å²) in [6, 6.07) is 6.43. The van der Waals surface area contributed by atoms with Gasteiger partial charge in [-0.2, -0.15) is 0 Å². The number of amides is 3. The average molecular weight is 457 g/mol. The lowest BCUT2D eigenvalue weighted by Crippen LogP contribution is -2.45. The fourth-order valence-electron chi connectivity index (χ4n) is 3.94. The van der Waals surface area contributed by atoms with Crippen LogP contribution in [0, 0.1) is 23.5 Å². The molecule has 0 aromatic heterocycles. The van der Waals surface area contributed by atoms with Gasteiger partial charge >= 0.3 is 0 Å². The van der Waals surface area contributed by atoms with Gasteiger partial charge in [0.25, 0.3) is 11.8 Å². The highest BCUT2D eigenvalue weighted by Gasteiger charge is 2.31. The first-order valence-electron chi connectivity index (χ1n) is 11.0. The Kier molecular flexibility index (Phi) is 6.57. The first-order chi connectivity index (χ1) is 15.8. The Morgan fingerprint density at radius 1 is 1.03 bits per heavy atom. The van der Waals surface area contributed by atoms with Crippen molar-refractivity contribution >= 4 is 23.4 Å². The summed E-state index contributed by atoms with van der Waals surface area (Å²) in [6.45, 7) is 1.44. The number of likely N-dealkylation sites (tertiary alicyclic amines) is 1. The number of halogens is 2. The highest BCUT2D eigenvalue weighted by Crippen LogP contribution is 2.29. The van der Waals surface area contributed by atoms with E-state index >= 15 is 0 Å². The normalized spacial score (nSPS) is 18.0. The minimum atomic E-state index is -0.884. The molecule has 0 spiro atoms. The van der Waals surface area contributed by atoms with Gasteiger partial charge in [0.15, 0.2) is 0 Å². The summed E-state index contributed by atoms with van der Waals surface area (Å²) >= 11 is 0. The number of hydrogen-bond acceptors (Lipinski definition) is 4. The zero-order valence-corrected chi connectivity index (χ0v) is 17.9. The van der Waals surface area contributed by atoms with Crippen molar-refractivity contribution in [2.75, 3.05) is 25.0 Å². The molecule has 2 fully saturated rings. The molecule has 3 amide bonds. The second kappa shape index (κ2) is 9.56. The number of carbonyl (C=O) groups excluding carboxylic acids is 3. The van der Waals surface area contributed by atoms with E-state index in [4.69, 9.17) is 0 Å². The van der Waals surface area contributed by atoms with Crippen LogP contribution < -0.4 is 10.6 Å². The van der Waals surface area contributed by atoms with Crippen LogP contribution in [0.25, 0.3) is 0 Å². The Morgan fingerprint density at radius 3 is 2.42 bits per heavy atom. The largest absolute Gasteiger partial charge is 0.507 e. The summed E-state index contributed by atoms with van der Waals surface area (Å²) < 4.78 is 26.7. The molecule has 1 unspecified atom stereocenters. The lowest BCUT2D eigenvalue weighted by atomic mass is 9.96. The van der Waals surface area contributed by atoms with Gasteiger partial charge in [-0.1, -0.05) is 0 Å². The van der Waals surface area contributed by atoms with Crippen LogP contribution in [0.4, 0.5) is 14.5 Å². The summed E-state index contributed by atoms with van der Waals surface area (Å²) in [5.74, 6) is -3.03. The van der Waals surface area contributed by atoms with Crippen molar-refractivity contribution in [3.05, 3.63) is 59.2 Å². The highest BCUT2D eigenvalue weighted by molar-refractivity contribution is 6.05. The van der Waals surface area contributed by atoms with Crippen molar-refractivity contribution in [1.29, 1.82) is 0 Å². The van der Waals surface area contributed by atoms with Crippen LogP contribution >= 0.6 is 0 Å². The molecular formula is C24H25F2N3O4. The van der Waals surface area contributed by atoms with Crippen molar-refractivity contribution in [2.45, 2.75) is 25.7 Å². The van der Waals surface area contributed by atoms with Gasteiger partial charge in [0, 0.05) is 43.0 Å². The van der Waals surface area contributed by atoms with Crippen LogP contribution in [0.3, 0.4) is 0 Å². The molecule has 2 aliphatic rings. The van der Waals surface area contributed by atoms with Crippen molar-refractivity contribution in [1.82, 2.24) is 10.2 Å². The summed E-state index contributed by atoms with van der Waals surface area (Å²) in [7, 11) is 0. The Bertz CT molecular complexity index is 1070. The SMILES string of the molecule is O=C(Nc1ccc(C(=O)N2CCCC(C(=O)NCC3CC3)C2)c(O)c1)c1cc(F)cc(F)c1. The summed E-state index contributed by atoms with van der Waals surface area (Å²) in [5, 5.41) is 15.8. The van der Waals surface area contributed by atoms with Gasteiger partial charge in [0.05, 0.1) is 11.5 Å². The molecule has 1 atom stereocenters. The standard InChI is InChI=1S/C24H25F2N3O4/c25-17-8-16(9-18(26)10-17)23(32)28-19-5-6-20(21(30)11-19)24(33)29-7-1-2-15(13-29)22(31)27-12-14-3-4-14/h5-6,8-11,14-15,30H,1-4,7,12-13H2,(H,27,31)(H,28,32). The average Bonchev–Trinajstić information content (AvgIpc) is 3.61. The maximum absolute atomic E-state index is 13.3. The van der Waals surface area contributed by atoms with Gasteiger partial charge in [-0.05, 0) is 55.9 Å². The third kappa shape index (κ3) is 5.66. The number of nitrogens with one attached hydrogen (secondary N) is 2. The molecule has 9 heteroatoms. The second-order valence-corrected chi connectivity index (χ2v) is 8.62. The Morgan fingerprint density at radius 2 is 1.76 bits per heavy atom. The molecule has 1 aliphatic carbocycles. The first kappa shape index (κ1) is 22.7. The molecule has 1 saturated carbocycles. The number of hydrogen-bond donors (Lipinski definition) is 3. The van der Waals surface area contributed by atoms with E-state index in [0.717, 1.165) is 25.0 Å². The number of anilines is 1. The molecule has 1 aliphatic heterocycles. The number of aromatic hydroxyl groups is 1. The number of carbonyl (C=O) groups is 3. The Labute approximate surface area is 189 Å². The quantitative estimate of drug-likeness (QED) is 0.620. The maximum atomic E-state index is 13.3. The van der Waals surface area contributed by atoms with Crippen molar-refractivity contribution in [2.24, 2.45) is 11.8 Å². The second-order valence-electron chi connectivity index (χ2n) is 8.62. The molecule has 2 aromatic rings. The number of phenolic OH excluding ortho intramolecular Hbond substituents is 1. The van der Waals surface area contributed by atoms with Crippen molar-refractivity contribution < 1.29 is 28.3 Å². The van der Waals surface area contributed by atoms with Crippen LogP contribution in [0.5, 0.6) is 5.75 Å². The summed E-state index contributed by atoms with van der Waals surface area (Å²) in [5.41, 5.74) is -0.00926. The monoisotopic (exact) mass is 457 g/mol. The van der Waals surface area contributed by atoms with Crippen LogP contribution in [0.2, 0.25) is 0 Å². The fourth-order valence-corrected chi connectivity index (χ4v) is 3.94. The van der Waals surface area contributed by atoms with Gasteiger partial charge in [-0.25, -0.2) is 8.78 Å². The number of phenols is 1. The van der Waals surface area contributed by atoms with E-state index in [2.05, 4.69) is 10.6 Å². The van der Waals surface area contributed by atoms with Gasteiger partial charge in [0.2, 0.25) is 5.91 Å². The molecule has 4 rings (SSSR count). The number of piperidine rings is 1. The third-order valence-electron chi connectivity index (χ3n) is 5.95. The summed E-state index contributed by atoms with van der Waals surface area (Å²) in [6.07, 6.45) is 3.68. The van der Waals surface area contributed by atoms with E-state index in [0.29, 0.717) is 37.9 Å².